The van der Waals surface area contributed by atoms with Crippen molar-refractivity contribution < 1.29 is 14.3 Å². The molecule has 156 valence electrons. The monoisotopic (exact) mass is 405 g/mol. The fraction of sp³-hybridized carbons (Fsp3) is 0.739. The minimum atomic E-state index is -0.284. The lowest BCUT2D eigenvalue weighted by atomic mass is 9.79. The standard InChI is InChI=1S/C23H35NO3S/c1-4-6-7-16-9-11-17(12-10-16)21(25)24-22-20(23(26)27-5-2)18-13-8-15(3)14-19(18)28-22/h15-17H,4-14H2,1-3H3,(H,24,25). The third-order valence-corrected chi connectivity index (χ3v) is 7.58. The third-order valence-electron chi connectivity index (χ3n) is 6.41. The molecule has 1 aromatic rings. The molecule has 0 aliphatic heterocycles. The largest absolute Gasteiger partial charge is 0.462 e. The molecule has 2 aliphatic carbocycles. The Kier molecular flexibility index (Phi) is 7.55. The van der Waals surface area contributed by atoms with Crippen LogP contribution in [0.15, 0.2) is 0 Å². The molecule has 1 fully saturated rings. The van der Waals surface area contributed by atoms with Crippen LogP contribution in [-0.2, 0) is 22.4 Å². The van der Waals surface area contributed by atoms with Crippen LogP contribution in [0.3, 0.4) is 0 Å². The van der Waals surface area contributed by atoms with Crippen LogP contribution in [0.2, 0.25) is 0 Å². The van der Waals surface area contributed by atoms with Crippen LogP contribution in [0.4, 0.5) is 5.00 Å². The quantitative estimate of drug-likeness (QED) is 0.567. The van der Waals surface area contributed by atoms with E-state index in [1.165, 1.54) is 24.1 Å². The average molecular weight is 406 g/mol. The molecule has 1 unspecified atom stereocenters. The van der Waals surface area contributed by atoms with E-state index in [-0.39, 0.29) is 17.8 Å². The molecule has 1 atom stereocenters. The fourth-order valence-electron chi connectivity index (χ4n) is 4.68. The Hall–Kier alpha value is -1.36. The van der Waals surface area contributed by atoms with Crippen LogP contribution in [0.25, 0.3) is 0 Å². The Morgan fingerprint density at radius 1 is 1.14 bits per heavy atom. The number of carbonyl (C=O) groups is 2. The predicted molar refractivity (Wildman–Crippen MR) is 115 cm³/mol. The first-order chi connectivity index (χ1) is 13.5. The molecule has 0 saturated heterocycles. The molecule has 3 rings (SSSR count). The number of thiophene rings is 1. The highest BCUT2D eigenvalue weighted by molar-refractivity contribution is 7.17. The number of anilines is 1. The van der Waals surface area contributed by atoms with Crippen LogP contribution in [0.1, 0.15) is 92.9 Å². The van der Waals surface area contributed by atoms with E-state index in [1.54, 1.807) is 11.3 Å². The summed E-state index contributed by atoms with van der Waals surface area (Å²) >= 11 is 1.59. The van der Waals surface area contributed by atoms with E-state index in [2.05, 4.69) is 19.2 Å². The summed E-state index contributed by atoms with van der Waals surface area (Å²) in [7, 11) is 0. The van der Waals surface area contributed by atoms with E-state index in [9.17, 15) is 9.59 Å². The summed E-state index contributed by atoms with van der Waals surface area (Å²) in [6.07, 6.45) is 11.1. The predicted octanol–water partition coefficient (Wildman–Crippen LogP) is 5.98. The van der Waals surface area contributed by atoms with Gasteiger partial charge in [-0.25, -0.2) is 4.79 Å². The maximum Gasteiger partial charge on any atom is 0.341 e. The fourth-order valence-corrected chi connectivity index (χ4v) is 6.08. The van der Waals surface area contributed by atoms with Gasteiger partial charge in [0.15, 0.2) is 0 Å². The van der Waals surface area contributed by atoms with Crippen molar-refractivity contribution >= 4 is 28.2 Å². The van der Waals surface area contributed by atoms with Gasteiger partial charge in [0.05, 0.1) is 12.2 Å². The Balaban J connectivity index is 1.69. The van der Waals surface area contributed by atoms with Crippen molar-refractivity contribution in [2.24, 2.45) is 17.8 Å². The molecule has 0 aromatic carbocycles. The molecule has 1 N–H and O–H groups in total. The maximum atomic E-state index is 12.9. The van der Waals surface area contributed by atoms with Crippen molar-refractivity contribution in [3.63, 3.8) is 0 Å². The molecule has 28 heavy (non-hydrogen) atoms. The molecular weight excluding hydrogens is 370 g/mol. The zero-order valence-electron chi connectivity index (χ0n) is 17.6. The molecule has 1 saturated carbocycles. The lowest BCUT2D eigenvalue weighted by molar-refractivity contribution is -0.121. The van der Waals surface area contributed by atoms with Crippen molar-refractivity contribution in [3.05, 3.63) is 16.0 Å². The van der Waals surface area contributed by atoms with Crippen molar-refractivity contribution in [1.29, 1.82) is 0 Å². The van der Waals surface area contributed by atoms with Crippen LogP contribution in [-0.4, -0.2) is 18.5 Å². The van der Waals surface area contributed by atoms with E-state index >= 15 is 0 Å². The zero-order valence-corrected chi connectivity index (χ0v) is 18.5. The van der Waals surface area contributed by atoms with Gasteiger partial charge < -0.3 is 10.1 Å². The number of hydrogen-bond donors (Lipinski definition) is 1. The molecule has 4 nitrogen and oxygen atoms in total. The van der Waals surface area contributed by atoms with Gasteiger partial charge in [-0.3, -0.25) is 4.79 Å². The van der Waals surface area contributed by atoms with Crippen LogP contribution in [0.5, 0.6) is 0 Å². The minimum absolute atomic E-state index is 0.0750. The summed E-state index contributed by atoms with van der Waals surface area (Å²) < 4.78 is 5.31. The van der Waals surface area contributed by atoms with Crippen LogP contribution in [0, 0.1) is 17.8 Å². The first-order valence-corrected chi connectivity index (χ1v) is 12.0. The van der Waals surface area contributed by atoms with Gasteiger partial charge in [-0.15, -0.1) is 11.3 Å². The van der Waals surface area contributed by atoms with E-state index in [0.29, 0.717) is 18.1 Å². The topological polar surface area (TPSA) is 55.4 Å². The second-order valence-electron chi connectivity index (χ2n) is 8.63. The Morgan fingerprint density at radius 2 is 1.89 bits per heavy atom. The number of hydrogen-bond acceptors (Lipinski definition) is 4. The van der Waals surface area contributed by atoms with Crippen molar-refractivity contribution in [2.75, 3.05) is 11.9 Å². The van der Waals surface area contributed by atoms with E-state index in [0.717, 1.165) is 61.4 Å². The highest BCUT2D eigenvalue weighted by atomic mass is 32.1. The van der Waals surface area contributed by atoms with Gasteiger partial charge >= 0.3 is 5.97 Å². The summed E-state index contributed by atoms with van der Waals surface area (Å²) in [4.78, 5) is 26.8. The van der Waals surface area contributed by atoms with Crippen molar-refractivity contribution in [3.8, 4) is 0 Å². The summed E-state index contributed by atoms with van der Waals surface area (Å²) in [5, 5.41) is 3.85. The Morgan fingerprint density at radius 3 is 2.57 bits per heavy atom. The summed E-state index contributed by atoms with van der Waals surface area (Å²) in [5.41, 5.74) is 1.74. The second-order valence-corrected chi connectivity index (χ2v) is 9.73. The van der Waals surface area contributed by atoms with E-state index < -0.39 is 0 Å². The first-order valence-electron chi connectivity index (χ1n) is 11.2. The highest BCUT2D eigenvalue weighted by Gasteiger charge is 2.31. The van der Waals surface area contributed by atoms with Crippen molar-refractivity contribution in [2.45, 2.75) is 85.0 Å². The molecule has 2 aliphatic rings. The molecule has 1 amide bonds. The summed E-state index contributed by atoms with van der Waals surface area (Å²) in [5.74, 6) is 1.29. The SMILES string of the molecule is CCCCC1CCC(C(=O)Nc2sc3c(c2C(=O)OCC)CCC(C)C3)CC1. The number of nitrogens with one attached hydrogen (secondary N) is 1. The summed E-state index contributed by atoms with van der Waals surface area (Å²) in [6.45, 7) is 6.67. The Labute approximate surface area is 173 Å². The van der Waals surface area contributed by atoms with Crippen LogP contribution >= 0.6 is 11.3 Å². The zero-order chi connectivity index (χ0) is 20.1. The first kappa shape index (κ1) is 21.4. The molecule has 0 radical (unpaired) electrons. The molecule has 5 heteroatoms. The molecule has 0 bridgehead atoms. The number of fused-ring (bicyclic) bond motifs is 1. The average Bonchev–Trinajstić information content (AvgIpc) is 3.03. The minimum Gasteiger partial charge on any atom is -0.462 e. The molecular formula is C23H35NO3S. The normalized spacial score (nSPS) is 24.5. The van der Waals surface area contributed by atoms with Gasteiger partial charge in [0.25, 0.3) is 0 Å². The van der Waals surface area contributed by atoms with Gasteiger partial charge in [0, 0.05) is 10.8 Å². The number of amides is 1. The number of ether oxygens (including phenoxy) is 1. The molecule has 1 heterocycles. The molecule has 1 aromatic heterocycles. The second kappa shape index (κ2) is 9.91. The highest BCUT2D eigenvalue weighted by Crippen LogP contribution is 2.41. The Bertz CT molecular complexity index is 688. The maximum absolute atomic E-state index is 12.9. The summed E-state index contributed by atoms with van der Waals surface area (Å²) in [6, 6.07) is 0. The van der Waals surface area contributed by atoms with E-state index in [1.807, 2.05) is 6.92 Å². The van der Waals surface area contributed by atoms with Gasteiger partial charge in [-0.2, -0.15) is 0 Å². The van der Waals surface area contributed by atoms with Gasteiger partial charge in [0.1, 0.15) is 5.00 Å². The van der Waals surface area contributed by atoms with E-state index in [4.69, 9.17) is 4.74 Å². The molecule has 0 spiro atoms. The van der Waals surface area contributed by atoms with Gasteiger partial charge in [-0.1, -0.05) is 33.1 Å². The van der Waals surface area contributed by atoms with Crippen LogP contribution < -0.4 is 5.32 Å². The van der Waals surface area contributed by atoms with Gasteiger partial charge in [0.2, 0.25) is 5.91 Å². The van der Waals surface area contributed by atoms with Gasteiger partial charge in [-0.05, 0) is 69.3 Å². The third kappa shape index (κ3) is 4.97. The number of unbranched alkanes of at least 4 members (excludes halogenated alkanes) is 1. The lowest BCUT2D eigenvalue weighted by Gasteiger charge is -2.27. The smallest absolute Gasteiger partial charge is 0.341 e. The number of carbonyl (C=O) groups excluding carboxylic acids is 2. The number of rotatable bonds is 7. The number of esters is 1. The van der Waals surface area contributed by atoms with Crippen molar-refractivity contribution in [1.82, 2.24) is 0 Å². The lowest BCUT2D eigenvalue weighted by Crippen LogP contribution is -2.27.